The Bertz CT molecular complexity index is 1080. The summed E-state index contributed by atoms with van der Waals surface area (Å²) < 4.78 is 12.3. The van der Waals surface area contributed by atoms with Gasteiger partial charge in [-0.15, -0.1) is 11.8 Å². The number of para-hydroxylation sites is 1. The van der Waals surface area contributed by atoms with Crippen LogP contribution in [0, 0.1) is 5.92 Å². The second-order valence-corrected chi connectivity index (χ2v) is 12.5. The molecular weight excluding hydrogens is 460 g/mol. The van der Waals surface area contributed by atoms with Crippen LogP contribution in [0.4, 0.5) is 10.6 Å². The van der Waals surface area contributed by atoms with Crippen LogP contribution in [0.3, 0.4) is 0 Å². The molecule has 3 fully saturated rings. The van der Waals surface area contributed by atoms with Crippen LogP contribution in [0.1, 0.15) is 70.9 Å². The molecule has 0 unspecified atom stereocenters. The summed E-state index contributed by atoms with van der Waals surface area (Å²) in [4.78, 5) is 24.8. The Hall–Kier alpha value is -2.48. The second-order valence-electron chi connectivity index (χ2n) is 11.5. The summed E-state index contributed by atoms with van der Waals surface area (Å²) in [6.07, 6.45) is 10.00. The normalized spacial score (nSPS) is 29.1. The van der Waals surface area contributed by atoms with E-state index in [0.717, 1.165) is 59.5 Å². The van der Waals surface area contributed by atoms with Gasteiger partial charge in [-0.3, -0.25) is 0 Å². The van der Waals surface area contributed by atoms with E-state index in [9.17, 15) is 4.79 Å². The first-order chi connectivity index (χ1) is 16.8. The third-order valence-corrected chi connectivity index (χ3v) is 8.70. The quantitative estimate of drug-likeness (QED) is 0.550. The highest BCUT2D eigenvalue weighted by Gasteiger charge is 2.58. The number of carbonyl (C=O) groups excluding carboxylic acids is 1. The second kappa shape index (κ2) is 8.57. The van der Waals surface area contributed by atoms with E-state index in [-0.39, 0.29) is 6.04 Å². The predicted octanol–water partition coefficient (Wildman–Crippen LogP) is 5.51. The zero-order chi connectivity index (χ0) is 24.2. The van der Waals surface area contributed by atoms with Crippen LogP contribution in [0.25, 0.3) is 0 Å². The molecule has 1 N–H and O–H groups in total. The van der Waals surface area contributed by atoms with Crippen LogP contribution in [-0.4, -0.2) is 45.1 Å². The fraction of sp³-hybridized carbons (Fsp3) is 0.593. The van der Waals surface area contributed by atoms with Crippen LogP contribution in [-0.2, 0) is 4.74 Å². The summed E-state index contributed by atoms with van der Waals surface area (Å²) in [5, 5.41) is 4.19. The molecule has 35 heavy (non-hydrogen) atoms. The van der Waals surface area contributed by atoms with Gasteiger partial charge in [0.2, 0.25) is 0 Å². The van der Waals surface area contributed by atoms with Gasteiger partial charge in [0.15, 0.2) is 0 Å². The third-order valence-electron chi connectivity index (χ3n) is 7.56. The van der Waals surface area contributed by atoms with E-state index in [4.69, 9.17) is 19.4 Å². The highest BCUT2D eigenvalue weighted by molar-refractivity contribution is 7.99. The monoisotopic (exact) mass is 494 g/mol. The molecule has 2 bridgehead atoms. The van der Waals surface area contributed by atoms with E-state index < -0.39 is 17.3 Å². The standard InChI is InChI=1S/C27H34N4O3S/c1-26(2,3)34-25(32)30-24-20-6-4-5-7-21(20)33-27(24)12-18-10-11-19(13-27)31(18)22-14-29-23(15-28-22)35-16-17-8-9-17/h4-7,14-15,17-19,24H,8-13,16H2,1-3H3,(H,30,32)/t18-,19+,24-,27+/m1/s1. The number of hydrogen-bond acceptors (Lipinski definition) is 7. The Morgan fingerprint density at radius 3 is 2.54 bits per heavy atom. The number of piperidine rings is 1. The van der Waals surface area contributed by atoms with E-state index in [0.29, 0.717) is 12.1 Å². The Morgan fingerprint density at radius 1 is 1.14 bits per heavy atom. The summed E-state index contributed by atoms with van der Waals surface area (Å²) in [6, 6.07) is 8.41. The van der Waals surface area contributed by atoms with Gasteiger partial charge >= 0.3 is 6.09 Å². The van der Waals surface area contributed by atoms with Crippen molar-refractivity contribution in [2.24, 2.45) is 5.92 Å². The lowest BCUT2D eigenvalue weighted by molar-refractivity contribution is 0.00495. The van der Waals surface area contributed by atoms with Crippen molar-refractivity contribution >= 4 is 23.7 Å². The molecule has 4 heterocycles. The van der Waals surface area contributed by atoms with Crippen molar-refractivity contribution in [1.29, 1.82) is 0 Å². The van der Waals surface area contributed by atoms with Crippen LogP contribution in [0.15, 0.2) is 41.7 Å². The van der Waals surface area contributed by atoms with E-state index in [1.807, 2.05) is 63.1 Å². The Kier molecular flexibility index (Phi) is 5.62. The summed E-state index contributed by atoms with van der Waals surface area (Å²) in [5.41, 5.74) is -0.0142. The fourth-order valence-corrected chi connectivity index (χ4v) is 6.94. The van der Waals surface area contributed by atoms with E-state index in [1.54, 1.807) is 0 Å². The van der Waals surface area contributed by atoms with Gasteiger partial charge in [-0.2, -0.15) is 0 Å². The topological polar surface area (TPSA) is 76.6 Å². The van der Waals surface area contributed by atoms with E-state index >= 15 is 0 Å². The van der Waals surface area contributed by atoms with Crippen molar-refractivity contribution in [2.75, 3.05) is 10.7 Å². The molecular formula is C27H34N4O3S. The summed E-state index contributed by atoms with van der Waals surface area (Å²) >= 11 is 1.82. The van der Waals surface area contributed by atoms with E-state index in [2.05, 4.69) is 16.3 Å². The maximum absolute atomic E-state index is 12.8. The van der Waals surface area contributed by atoms with Crippen LogP contribution in [0.2, 0.25) is 0 Å². The Morgan fingerprint density at radius 2 is 1.89 bits per heavy atom. The average Bonchev–Trinajstić information content (AvgIpc) is 3.54. The maximum atomic E-state index is 12.8. The van der Waals surface area contributed by atoms with Crippen molar-refractivity contribution in [3.05, 3.63) is 42.2 Å². The number of amides is 1. The molecule has 2 aromatic rings. The van der Waals surface area contributed by atoms with Gasteiger partial charge in [-0.05, 0) is 58.4 Å². The zero-order valence-corrected chi connectivity index (χ0v) is 21.5. The van der Waals surface area contributed by atoms with Crippen LogP contribution in [0.5, 0.6) is 5.75 Å². The maximum Gasteiger partial charge on any atom is 0.408 e. The third kappa shape index (κ3) is 4.57. The van der Waals surface area contributed by atoms with Gasteiger partial charge in [0.05, 0.1) is 12.4 Å². The number of rotatable bonds is 5. The number of fused-ring (bicyclic) bond motifs is 3. The molecule has 4 atom stereocenters. The fourth-order valence-electron chi connectivity index (χ4n) is 5.95. The molecule has 1 aromatic heterocycles. The highest BCUT2D eigenvalue weighted by atomic mass is 32.2. The summed E-state index contributed by atoms with van der Waals surface area (Å²) in [7, 11) is 0. The number of anilines is 1. The molecule has 1 spiro atoms. The van der Waals surface area contributed by atoms with Crippen molar-refractivity contribution in [3.63, 3.8) is 0 Å². The van der Waals surface area contributed by atoms with Crippen molar-refractivity contribution in [2.45, 2.75) is 93.6 Å². The molecule has 186 valence electrons. The lowest BCUT2D eigenvalue weighted by atomic mass is 9.79. The molecule has 6 rings (SSSR count). The molecule has 1 saturated carbocycles. The molecule has 8 heteroatoms. The summed E-state index contributed by atoms with van der Waals surface area (Å²) in [6.45, 7) is 5.66. The van der Waals surface area contributed by atoms with Gasteiger partial charge in [0.1, 0.15) is 33.8 Å². The number of alkyl carbamates (subject to hydrolysis) is 1. The molecule has 0 radical (unpaired) electrons. The number of aromatic nitrogens is 2. The Balaban J connectivity index is 1.22. The number of carbonyl (C=O) groups is 1. The minimum Gasteiger partial charge on any atom is -0.484 e. The molecule has 1 aliphatic carbocycles. The number of ether oxygens (including phenoxy) is 2. The van der Waals surface area contributed by atoms with Crippen LogP contribution >= 0.6 is 11.8 Å². The van der Waals surface area contributed by atoms with Gasteiger partial charge in [0, 0.05) is 36.2 Å². The minimum absolute atomic E-state index is 0.244. The number of nitrogens with one attached hydrogen (secondary N) is 1. The smallest absolute Gasteiger partial charge is 0.408 e. The first-order valence-corrected chi connectivity index (χ1v) is 13.8. The molecule has 1 amide bonds. The first kappa shape index (κ1) is 23.0. The zero-order valence-electron chi connectivity index (χ0n) is 20.7. The average molecular weight is 495 g/mol. The SMILES string of the molecule is CC(C)(C)OC(=O)N[C@@H]1c2ccccc2O[C@]12C[C@H]1CC[C@@H](C2)N1c1cnc(SCC2CC2)cn1. The van der Waals surface area contributed by atoms with Crippen LogP contribution < -0.4 is 15.0 Å². The molecule has 2 saturated heterocycles. The van der Waals surface area contributed by atoms with Gasteiger partial charge in [-0.1, -0.05) is 18.2 Å². The molecule has 3 aliphatic heterocycles. The highest BCUT2D eigenvalue weighted by Crippen LogP contribution is 2.54. The first-order valence-electron chi connectivity index (χ1n) is 12.8. The number of nitrogens with zero attached hydrogens (tertiary/aromatic N) is 3. The summed E-state index contributed by atoms with van der Waals surface area (Å²) in [5.74, 6) is 3.83. The lowest BCUT2D eigenvalue weighted by Gasteiger charge is -2.47. The molecule has 1 aromatic carbocycles. The van der Waals surface area contributed by atoms with Gasteiger partial charge < -0.3 is 19.7 Å². The van der Waals surface area contributed by atoms with Gasteiger partial charge in [0.25, 0.3) is 0 Å². The van der Waals surface area contributed by atoms with Crippen molar-refractivity contribution in [1.82, 2.24) is 15.3 Å². The lowest BCUT2D eigenvalue weighted by Crippen LogP contribution is -2.58. The molecule has 4 aliphatic rings. The van der Waals surface area contributed by atoms with Gasteiger partial charge in [-0.25, -0.2) is 14.8 Å². The number of thioether (sulfide) groups is 1. The van der Waals surface area contributed by atoms with Crippen molar-refractivity contribution in [3.8, 4) is 5.75 Å². The predicted molar refractivity (Wildman–Crippen MR) is 136 cm³/mol. The van der Waals surface area contributed by atoms with Crippen molar-refractivity contribution < 1.29 is 14.3 Å². The Labute approximate surface area is 211 Å². The molecule has 7 nitrogen and oxygen atoms in total. The largest absolute Gasteiger partial charge is 0.484 e. The minimum atomic E-state index is -0.555. The van der Waals surface area contributed by atoms with E-state index in [1.165, 1.54) is 12.8 Å². The number of hydrogen-bond donors (Lipinski definition) is 1. The number of benzene rings is 1.